The molecular formula is C18H25N3O2S. The van der Waals surface area contributed by atoms with Gasteiger partial charge >= 0.3 is 0 Å². The molecule has 0 aliphatic carbocycles. The highest BCUT2D eigenvalue weighted by atomic mass is 32.1. The number of benzene rings is 1. The molecule has 0 aliphatic heterocycles. The van der Waals surface area contributed by atoms with Crippen molar-refractivity contribution in [3.05, 3.63) is 45.9 Å². The second kappa shape index (κ2) is 9.39. The van der Waals surface area contributed by atoms with Crippen LogP contribution in [0.15, 0.2) is 29.6 Å². The predicted octanol–water partition coefficient (Wildman–Crippen LogP) is 2.89. The van der Waals surface area contributed by atoms with E-state index in [4.69, 9.17) is 4.74 Å². The summed E-state index contributed by atoms with van der Waals surface area (Å²) in [6.45, 7) is 8.36. The second-order valence-electron chi connectivity index (χ2n) is 5.96. The van der Waals surface area contributed by atoms with E-state index >= 15 is 0 Å². The number of ether oxygens (including phenoxy) is 1. The lowest BCUT2D eigenvalue weighted by atomic mass is 10.2. The van der Waals surface area contributed by atoms with Crippen molar-refractivity contribution in [1.82, 2.24) is 15.6 Å². The largest absolute Gasteiger partial charge is 0.486 e. The number of carbonyl (C=O) groups excluding carboxylic acids is 1. The van der Waals surface area contributed by atoms with Crippen LogP contribution in [0.5, 0.6) is 5.75 Å². The van der Waals surface area contributed by atoms with Gasteiger partial charge in [-0.05, 0) is 19.1 Å². The van der Waals surface area contributed by atoms with E-state index in [0.717, 1.165) is 23.0 Å². The van der Waals surface area contributed by atoms with Gasteiger partial charge in [0.2, 0.25) is 5.91 Å². The van der Waals surface area contributed by atoms with E-state index in [2.05, 4.69) is 22.5 Å². The number of rotatable bonds is 9. The van der Waals surface area contributed by atoms with Gasteiger partial charge in [-0.3, -0.25) is 4.79 Å². The van der Waals surface area contributed by atoms with E-state index < -0.39 is 0 Å². The zero-order valence-corrected chi connectivity index (χ0v) is 15.3. The highest BCUT2D eigenvalue weighted by Crippen LogP contribution is 2.16. The minimum Gasteiger partial charge on any atom is -0.486 e. The van der Waals surface area contributed by atoms with Gasteiger partial charge in [0.05, 0.1) is 5.69 Å². The third-order valence-electron chi connectivity index (χ3n) is 3.41. The molecule has 24 heavy (non-hydrogen) atoms. The van der Waals surface area contributed by atoms with Gasteiger partial charge in [-0.15, -0.1) is 11.3 Å². The van der Waals surface area contributed by atoms with Crippen LogP contribution in [0.2, 0.25) is 0 Å². The summed E-state index contributed by atoms with van der Waals surface area (Å²) in [6.07, 6.45) is 0. The SMILES string of the molecule is Cc1ccc(OCc2nc(CNCCNC(=O)C(C)C)cs2)cc1. The van der Waals surface area contributed by atoms with Crippen molar-refractivity contribution in [3.63, 3.8) is 0 Å². The maximum absolute atomic E-state index is 11.4. The van der Waals surface area contributed by atoms with Crippen LogP contribution >= 0.6 is 11.3 Å². The Kier molecular flexibility index (Phi) is 7.21. The lowest BCUT2D eigenvalue weighted by molar-refractivity contribution is -0.123. The zero-order valence-electron chi connectivity index (χ0n) is 14.5. The highest BCUT2D eigenvalue weighted by molar-refractivity contribution is 7.09. The summed E-state index contributed by atoms with van der Waals surface area (Å²) in [5.74, 6) is 0.969. The quantitative estimate of drug-likeness (QED) is 0.685. The molecule has 2 N–H and O–H groups in total. The smallest absolute Gasteiger partial charge is 0.222 e. The van der Waals surface area contributed by atoms with Gasteiger partial charge < -0.3 is 15.4 Å². The Bertz CT molecular complexity index is 638. The van der Waals surface area contributed by atoms with Crippen LogP contribution in [0.1, 0.15) is 30.1 Å². The number of aromatic nitrogens is 1. The normalized spacial score (nSPS) is 10.8. The van der Waals surface area contributed by atoms with E-state index in [0.29, 0.717) is 19.7 Å². The summed E-state index contributed by atoms with van der Waals surface area (Å²) in [6, 6.07) is 8.00. The number of aryl methyl sites for hydroxylation is 1. The molecule has 0 saturated carbocycles. The van der Waals surface area contributed by atoms with E-state index in [1.807, 2.05) is 43.5 Å². The van der Waals surface area contributed by atoms with E-state index in [-0.39, 0.29) is 11.8 Å². The molecule has 0 radical (unpaired) electrons. The number of hydrogen-bond acceptors (Lipinski definition) is 5. The fourth-order valence-corrected chi connectivity index (χ4v) is 2.68. The Morgan fingerprint density at radius 1 is 1.25 bits per heavy atom. The fourth-order valence-electron chi connectivity index (χ4n) is 1.97. The van der Waals surface area contributed by atoms with E-state index in [9.17, 15) is 4.79 Å². The van der Waals surface area contributed by atoms with Crippen molar-refractivity contribution < 1.29 is 9.53 Å². The molecule has 6 heteroatoms. The number of hydrogen-bond donors (Lipinski definition) is 2. The highest BCUT2D eigenvalue weighted by Gasteiger charge is 2.05. The average molecular weight is 347 g/mol. The molecule has 0 saturated heterocycles. The third kappa shape index (κ3) is 6.29. The Labute approximate surface area is 147 Å². The molecule has 1 amide bonds. The topological polar surface area (TPSA) is 63.2 Å². The van der Waals surface area contributed by atoms with Gasteiger partial charge in [0, 0.05) is 30.9 Å². The Balaban J connectivity index is 1.65. The first-order chi connectivity index (χ1) is 11.5. The van der Waals surface area contributed by atoms with Crippen molar-refractivity contribution in [2.24, 2.45) is 5.92 Å². The molecule has 2 rings (SSSR count). The van der Waals surface area contributed by atoms with Crippen LogP contribution in [0.3, 0.4) is 0 Å². The first-order valence-corrected chi connectivity index (χ1v) is 9.03. The Morgan fingerprint density at radius 3 is 2.71 bits per heavy atom. The van der Waals surface area contributed by atoms with Gasteiger partial charge in [0.1, 0.15) is 17.4 Å². The first-order valence-electron chi connectivity index (χ1n) is 8.16. The number of amides is 1. The van der Waals surface area contributed by atoms with Gasteiger partial charge in [-0.25, -0.2) is 4.98 Å². The van der Waals surface area contributed by atoms with Crippen molar-refractivity contribution >= 4 is 17.2 Å². The molecule has 2 aromatic rings. The van der Waals surface area contributed by atoms with Crippen LogP contribution < -0.4 is 15.4 Å². The fraction of sp³-hybridized carbons (Fsp3) is 0.444. The maximum atomic E-state index is 11.4. The van der Waals surface area contributed by atoms with Crippen LogP contribution in [0.4, 0.5) is 0 Å². The zero-order chi connectivity index (χ0) is 17.4. The molecule has 130 valence electrons. The minimum atomic E-state index is 0.0274. The summed E-state index contributed by atoms with van der Waals surface area (Å²) in [4.78, 5) is 16.0. The molecule has 0 bridgehead atoms. The third-order valence-corrected chi connectivity index (χ3v) is 4.29. The van der Waals surface area contributed by atoms with E-state index in [1.165, 1.54) is 5.56 Å². The van der Waals surface area contributed by atoms with Crippen LogP contribution in [-0.4, -0.2) is 24.0 Å². The number of nitrogens with one attached hydrogen (secondary N) is 2. The molecule has 0 atom stereocenters. The minimum absolute atomic E-state index is 0.0274. The molecule has 1 heterocycles. The van der Waals surface area contributed by atoms with Crippen LogP contribution in [-0.2, 0) is 17.9 Å². The summed E-state index contributed by atoms with van der Waals surface area (Å²) in [5, 5.41) is 9.15. The van der Waals surface area contributed by atoms with E-state index in [1.54, 1.807) is 11.3 Å². The van der Waals surface area contributed by atoms with Crippen molar-refractivity contribution in [2.45, 2.75) is 33.9 Å². The van der Waals surface area contributed by atoms with Crippen LogP contribution in [0, 0.1) is 12.8 Å². The molecule has 0 aliphatic rings. The summed E-state index contributed by atoms with van der Waals surface area (Å²) in [5.41, 5.74) is 2.22. The summed E-state index contributed by atoms with van der Waals surface area (Å²) in [7, 11) is 0. The summed E-state index contributed by atoms with van der Waals surface area (Å²) < 4.78 is 5.73. The van der Waals surface area contributed by atoms with Gasteiger partial charge in [-0.1, -0.05) is 31.5 Å². The number of thiazole rings is 1. The standard InChI is InChI=1S/C18H25N3O2S/c1-13(2)18(22)20-9-8-19-10-15-12-24-17(21-15)11-23-16-6-4-14(3)5-7-16/h4-7,12-13,19H,8-11H2,1-3H3,(H,20,22). The summed E-state index contributed by atoms with van der Waals surface area (Å²) >= 11 is 1.60. The van der Waals surface area contributed by atoms with Gasteiger partial charge in [-0.2, -0.15) is 0 Å². The maximum Gasteiger partial charge on any atom is 0.222 e. The second-order valence-corrected chi connectivity index (χ2v) is 6.90. The van der Waals surface area contributed by atoms with Crippen molar-refractivity contribution in [3.8, 4) is 5.75 Å². The van der Waals surface area contributed by atoms with Gasteiger partial charge in [0.15, 0.2) is 0 Å². The number of carbonyl (C=O) groups is 1. The lowest BCUT2D eigenvalue weighted by Crippen LogP contribution is -2.34. The van der Waals surface area contributed by atoms with Crippen molar-refractivity contribution in [2.75, 3.05) is 13.1 Å². The predicted molar refractivity (Wildman–Crippen MR) is 97.2 cm³/mol. The van der Waals surface area contributed by atoms with Crippen molar-refractivity contribution in [1.29, 1.82) is 0 Å². The molecule has 0 unspecified atom stereocenters. The molecular weight excluding hydrogens is 322 g/mol. The molecule has 0 spiro atoms. The molecule has 1 aromatic carbocycles. The molecule has 1 aromatic heterocycles. The number of nitrogens with zero attached hydrogens (tertiary/aromatic N) is 1. The van der Waals surface area contributed by atoms with Gasteiger partial charge in [0.25, 0.3) is 0 Å². The lowest BCUT2D eigenvalue weighted by Gasteiger charge is -2.07. The molecule has 5 nitrogen and oxygen atoms in total. The Hall–Kier alpha value is -1.92. The average Bonchev–Trinajstić information content (AvgIpc) is 3.01. The Morgan fingerprint density at radius 2 is 2.00 bits per heavy atom. The first kappa shape index (κ1) is 18.4. The molecule has 0 fully saturated rings. The van der Waals surface area contributed by atoms with Crippen LogP contribution in [0.25, 0.3) is 0 Å². The monoisotopic (exact) mass is 347 g/mol.